The van der Waals surface area contributed by atoms with Crippen molar-refractivity contribution in [1.82, 2.24) is 0 Å². The van der Waals surface area contributed by atoms with Gasteiger partial charge in [0, 0.05) is 18.0 Å². The second-order valence-electron chi connectivity index (χ2n) is 7.22. The van der Waals surface area contributed by atoms with Crippen LogP contribution in [0, 0.1) is 14.4 Å². The van der Waals surface area contributed by atoms with Crippen molar-refractivity contribution in [3.05, 3.63) is 80.5 Å². The fourth-order valence-electron chi connectivity index (χ4n) is 2.82. The minimum atomic E-state index is 0. The topological polar surface area (TPSA) is 29.1 Å². The second kappa shape index (κ2) is 8.70. The van der Waals surface area contributed by atoms with E-state index in [1.54, 1.807) is 0 Å². The third-order valence-electron chi connectivity index (χ3n) is 4.23. The van der Waals surface area contributed by atoms with Crippen molar-refractivity contribution in [1.29, 1.82) is 0 Å². The number of aromatic nitrogens is 1. The van der Waals surface area contributed by atoms with Gasteiger partial charge in [-0.3, -0.25) is 0 Å². The molecule has 2 aromatic carbocycles. The van der Waals surface area contributed by atoms with Crippen molar-refractivity contribution in [3.63, 3.8) is 0 Å². The number of benzene rings is 2. The molecule has 0 atom stereocenters. The second-order valence-corrected chi connectivity index (χ2v) is 7.22. The molecule has 0 saturated heterocycles. The normalized spacial score (nSPS) is 11.3. The van der Waals surface area contributed by atoms with E-state index in [1.807, 2.05) is 42.6 Å². The first kappa shape index (κ1) is 21.5. The molecular formula is C23H29N2OSg-. The number of aryl methyl sites for hydroxylation is 1. The van der Waals surface area contributed by atoms with E-state index in [0.29, 0.717) is 0 Å². The number of hydrogen-bond acceptors (Lipinski definition) is 2. The van der Waals surface area contributed by atoms with Crippen LogP contribution in [0.1, 0.15) is 38.6 Å². The summed E-state index contributed by atoms with van der Waals surface area (Å²) in [4.78, 5) is 0. The summed E-state index contributed by atoms with van der Waals surface area (Å²) in [6.45, 7) is 11.5. The van der Waals surface area contributed by atoms with E-state index in [1.165, 1.54) is 5.56 Å². The Bertz CT molecular complexity index is 877. The van der Waals surface area contributed by atoms with E-state index in [0.717, 1.165) is 35.6 Å². The Labute approximate surface area is 157 Å². The van der Waals surface area contributed by atoms with Gasteiger partial charge in [-0.2, -0.15) is 4.57 Å². The van der Waals surface area contributed by atoms with Crippen LogP contribution in [0.5, 0.6) is 0 Å². The van der Waals surface area contributed by atoms with Crippen LogP contribution in [-0.4, -0.2) is 0 Å². The molecule has 0 aliphatic heterocycles. The Balaban J connectivity index is 0.00000182. The fraction of sp³-hybridized carbons (Fsp3) is 0.261. The maximum absolute atomic E-state index is 6.07. The summed E-state index contributed by atoms with van der Waals surface area (Å²) in [6, 6.07) is 16.5. The molecule has 0 fully saturated rings. The van der Waals surface area contributed by atoms with E-state index < -0.39 is 0 Å². The Morgan fingerprint density at radius 2 is 1.81 bits per heavy atom. The maximum atomic E-state index is 6.07. The third kappa shape index (κ3) is 4.75. The minimum Gasteiger partial charge on any atom is -0.398 e. The Morgan fingerprint density at radius 1 is 1.11 bits per heavy atom. The van der Waals surface area contributed by atoms with Crippen LogP contribution in [0.15, 0.2) is 59.1 Å². The molecule has 0 radical (unpaired) electrons. The van der Waals surface area contributed by atoms with Gasteiger partial charge in [-0.05, 0) is 29.2 Å². The molecule has 3 aromatic rings. The summed E-state index contributed by atoms with van der Waals surface area (Å²) in [7, 11) is 0. The monoisotopic (exact) mass is 620 g/mol. The van der Waals surface area contributed by atoms with Crippen molar-refractivity contribution >= 4 is 22.9 Å². The van der Waals surface area contributed by atoms with Crippen LogP contribution in [0.2, 0.25) is 0 Å². The Morgan fingerprint density at radius 3 is 2.44 bits per heavy atom. The van der Waals surface area contributed by atoms with Crippen molar-refractivity contribution in [2.45, 2.75) is 39.2 Å². The first-order chi connectivity index (χ1) is 12.0. The average Bonchev–Trinajstić information content (AvgIpc) is 2.92. The van der Waals surface area contributed by atoms with Crippen molar-refractivity contribution in [2.75, 3.05) is 5.32 Å². The summed E-state index contributed by atoms with van der Waals surface area (Å²) in [6.07, 6.45) is 4.70. The van der Waals surface area contributed by atoms with Gasteiger partial charge in [-0.25, -0.2) is 0 Å². The minimum absolute atomic E-state index is 0. The first-order valence-electron chi connectivity index (χ1n) is 8.73. The van der Waals surface area contributed by atoms with Crippen LogP contribution in [0.4, 0.5) is 5.69 Å². The molecule has 3 rings (SSSR count). The summed E-state index contributed by atoms with van der Waals surface area (Å²) in [5, 5.41) is 3.27. The zero-order chi connectivity index (χ0) is 17.9. The predicted octanol–water partition coefficient (Wildman–Crippen LogP) is 5.78. The number of nitrogens with one attached hydrogen (secondary N) is 1. The summed E-state index contributed by atoms with van der Waals surface area (Å²) in [5.74, 6) is 0.827. The molecule has 0 saturated carbocycles. The van der Waals surface area contributed by atoms with Gasteiger partial charge >= 0.3 is 5.89 Å². The van der Waals surface area contributed by atoms with Gasteiger partial charge in [0.05, 0.1) is 6.08 Å². The van der Waals surface area contributed by atoms with E-state index in [9.17, 15) is 0 Å². The molecule has 4 heteroatoms. The van der Waals surface area contributed by atoms with Crippen LogP contribution in [0.25, 0.3) is 17.2 Å². The van der Waals surface area contributed by atoms with Gasteiger partial charge < -0.3 is 24.1 Å². The quantitative estimate of drug-likeness (QED) is 0.291. The van der Waals surface area contributed by atoms with Gasteiger partial charge in [-0.15, -0.1) is 6.42 Å². The molecule has 1 N–H and O–H groups in total. The SMILES string of the molecule is [CH2-]CC[n+]1c(/C=C/Nc2ccccc2)oc2ccc(C(C)(C)C)cc21.[CH3-].[Sg]. The van der Waals surface area contributed by atoms with Crippen molar-refractivity contribution < 1.29 is 8.98 Å². The summed E-state index contributed by atoms with van der Waals surface area (Å²) < 4.78 is 8.26. The number of fused-ring (bicyclic) bond motifs is 1. The molecule has 0 unspecified atom stereocenters. The van der Waals surface area contributed by atoms with Gasteiger partial charge in [0.15, 0.2) is 0 Å². The van der Waals surface area contributed by atoms with Gasteiger partial charge in [0.25, 0.3) is 5.52 Å². The average molecular weight is 618 g/mol. The molecule has 0 amide bonds. The molecule has 0 spiro atoms. The van der Waals surface area contributed by atoms with Crippen LogP contribution >= 0.6 is 0 Å². The summed E-state index contributed by atoms with van der Waals surface area (Å²) in [5.41, 5.74) is 4.49. The molecule has 0 aliphatic rings. The van der Waals surface area contributed by atoms with Gasteiger partial charge in [0.1, 0.15) is 6.54 Å². The zero-order valence-corrected chi connectivity index (χ0v) is 23.4. The Kier molecular flexibility index (Phi) is 6.93. The van der Waals surface area contributed by atoms with E-state index in [4.69, 9.17) is 4.42 Å². The molecule has 3 nitrogen and oxygen atoms in total. The van der Waals surface area contributed by atoms with Crippen molar-refractivity contribution in [2.24, 2.45) is 0 Å². The molecule has 0 bridgehead atoms. The molecule has 140 valence electrons. The van der Waals surface area contributed by atoms with Crippen LogP contribution in [-0.2, 0) is 12.0 Å². The Hall–Kier alpha value is -3.55. The standard InChI is InChI=1S/C22H25N2O.CH3.Sg/c1-5-15-24-19-16-17(22(2,3)4)11-12-20(19)25-21(24)13-14-23-18-9-7-6-8-10-18;;/h6-14,16H,1,5,15H2,2-4H3;1H3;/q2*-1;/p+1. The summed E-state index contributed by atoms with van der Waals surface area (Å²) >= 11 is 0. The third-order valence-corrected chi connectivity index (χ3v) is 4.23. The van der Waals surface area contributed by atoms with Gasteiger partial charge in [-0.1, -0.05) is 45.0 Å². The smallest absolute Gasteiger partial charge is 0.375 e. The number of rotatable bonds is 5. The molecule has 1 aromatic heterocycles. The fourth-order valence-corrected chi connectivity index (χ4v) is 2.82. The van der Waals surface area contributed by atoms with E-state index >= 15 is 0 Å². The predicted molar refractivity (Wildman–Crippen MR) is 111 cm³/mol. The maximum Gasteiger partial charge on any atom is 0.375 e. The van der Waals surface area contributed by atoms with E-state index in [2.05, 4.69) is 55.8 Å². The number of anilines is 1. The molecular weight excluding hydrogens is 589 g/mol. The van der Waals surface area contributed by atoms with Crippen LogP contribution < -0.4 is 9.88 Å². The van der Waals surface area contributed by atoms with Gasteiger partial charge in [0.2, 0.25) is 5.58 Å². The number of nitrogens with zero attached hydrogens (tertiary/aromatic N) is 1. The zero-order valence-electron chi connectivity index (χ0n) is 17.0. The molecule has 27 heavy (non-hydrogen) atoms. The largest absolute Gasteiger partial charge is 0.398 e. The number of oxazole rings is 1. The number of para-hydroxylation sites is 1. The van der Waals surface area contributed by atoms with Crippen LogP contribution in [0.3, 0.4) is 0 Å². The molecule has 1 heterocycles. The van der Waals surface area contributed by atoms with Crippen molar-refractivity contribution in [3.8, 4) is 0 Å². The first-order valence-corrected chi connectivity index (χ1v) is 8.73. The number of hydrogen-bond donors (Lipinski definition) is 1. The van der Waals surface area contributed by atoms with E-state index in [-0.39, 0.29) is 12.8 Å². The molecule has 0 aliphatic carbocycles.